The summed E-state index contributed by atoms with van der Waals surface area (Å²) in [6, 6.07) is 19.8. The molecule has 4 aromatic carbocycles. The predicted molar refractivity (Wildman–Crippen MR) is 452 cm³/mol. The van der Waals surface area contributed by atoms with Gasteiger partial charge < -0.3 is 89.7 Å². The summed E-state index contributed by atoms with van der Waals surface area (Å²) in [4.78, 5) is 171. The van der Waals surface area contributed by atoms with Crippen LogP contribution >= 0.6 is 11.8 Å². The Kier molecular flexibility index (Phi) is 37.3. The molecule has 32 nitrogen and oxygen atoms in total. The monoisotopic (exact) mass is 1630 g/mol. The Balaban J connectivity index is 0.777. The molecule has 15 N–H and O–H groups in total. The van der Waals surface area contributed by atoms with Gasteiger partial charge in [-0.1, -0.05) is 75.4 Å². The lowest BCUT2D eigenvalue weighted by molar-refractivity contribution is -0.538. The van der Waals surface area contributed by atoms with E-state index in [0.29, 0.717) is 107 Å². The summed E-state index contributed by atoms with van der Waals surface area (Å²) in [5, 5.41) is 34.0. The maximum absolute atomic E-state index is 14.4. The van der Waals surface area contributed by atoms with Crippen molar-refractivity contribution in [2.75, 3.05) is 74.7 Å². The summed E-state index contributed by atoms with van der Waals surface area (Å²) in [5.74, 6) is -6.10. The van der Waals surface area contributed by atoms with E-state index < -0.39 is 108 Å². The number of nitrogens with zero attached hydrogens (tertiary/aromatic N) is 9. The van der Waals surface area contributed by atoms with Crippen molar-refractivity contribution in [2.45, 2.75) is 224 Å². The second-order valence-electron chi connectivity index (χ2n) is 30.2. The normalized spacial score (nSPS) is 15.7. The third-order valence-corrected chi connectivity index (χ3v) is 22.1. The number of hydrogen-bond acceptors (Lipinski definition) is 20. The fraction of sp³-hybridized carbons (Fsp3) is 0.548. The molecule has 0 spiro atoms. The number of rotatable bonds is 48. The van der Waals surface area contributed by atoms with Gasteiger partial charge in [0.25, 0.3) is 0 Å². The first-order chi connectivity index (χ1) is 56.4. The summed E-state index contributed by atoms with van der Waals surface area (Å²) in [5.41, 5.74) is 25.5. The molecule has 1 saturated carbocycles. The van der Waals surface area contributed by atoms with Crippen LogP contribution in [0.5, 0.6) is 0 Å². The molecule has 33 heteroatoms. The minimum Gasteiger partial charge on any atom is -0.450 e. The van der Waals surface area contributed by atoms with E-state index in [-0.39, 0.29) is 69.2 Å². The van der Waals surface area contributed by atoms with Crippen molar-refractivity contribution in [3.63, 3.8) is 0 Å². The van der Waals surface area contributed by atoms with Crippen LogP contribution in [0.3, 0.4) is 0 Å². The molecular weight excluding hydrogens is 1510 g/mol. The zero-order valence-electron chi connectivity index (χ0n) is 68.8. The van der Waals surface area contributed by atoms with Crippen LogP contribution in [0.25, 0.3) is 27.8 Å². The van der Waals surface area contributed by atoms with Gasteiger partial charge in [-0.3, -0.25) is 52.7 Å². The van der Waals surface area contributed by atoms with E-state index in [1.54, 1.807) is 11.8 Å². The van der Waals surface area contributed by atoms with E-state index in [9.17, 15) is 52.7 Å². The molecule has 0 bridgehead atoms. The molecule has 1 aliphatic carbocycles. The van der Waals surface area contributed by atoms with Crippen molar-refractivity contribution >= 4 is 122 Å². The predicted octanol–water partition coefficient (Wildman–Crippen LogP) is 5.42. The van der Waals surface area contributed by atoms with Crippen LogP contribution in [0.1, 0.15) is 169 Å². The first kappa shape index (κ1) is 91.8. The fourth-order valence-corrected chi connectivity index (χ4v) is 15.1. The standard InChI is InChI=1S/C84H121N21O11S/c1-8-63(94-83(115)69(48-56-24-13-11-14-25-56)99-84(116)71-30-22-46-104(71)75(107)32-21-43-86)79(111)97-68(41-47-117-7)81(113)98-70(49-59-52-88-53-90-59)82(114)92-55(5)78(110)96-67(29-17-19-42-85)80(112)91-54(4)77(109)95-66(76(87)108)28-18-20-44-89-74(106)31-23-45-102(6)60-36-33-57(34-37-60)100-101-58-35-39-64-72(50-58)105(61-26-15-12-16-27-61)73-51-62(103(9-2)10-3)38-40-65(73)93-64/h12,15-16,26-27,33-40,50-56,63,66-71H,8-11,13-14,17-25,28-32,41-49,85-86H2,1-7H3,(H11-,87,88,89,90,91,92,94,95,96,97,98,99,106,108,109,110,111,112,113,114,115,116)/t54-,55-,63-,66-,67-,68-,69-,70-,71-/m0/s1. The second-order valence-corrected chi connectivity index (χ2v) is 31.2. The van der Waals surface area contributed by atoms with Crippen LogP contribution in [0, 0.1) is 5.92 Å². The number of nitrogens with one attached hydrogen (secondary N) is 9. The number of likely N-dealkylation sites (tertiary alicyclic amines) is 1. The van der Waals surface area contributed by atoms with Crippen LogP contribution < -0.4 is 84.4 Å². The summed E-state index contributed by atoms with van der Waals surface area (Å²) >= 11 is 1.41. The smallest absolute Gasteiger partial charge is 0.243 e. The number of anilines is 2. The Morgan fingerprint density at radius 3 is 1.84 bits per heavy atom. The minimum atomic E-state index is -1.38. The zero-order chi connectivity index (χ0) is 84.3. The number of azo groups is 1. The molecule has 0 radical (unpaired) electrons. The Bertz CT molecular complexity index is 4300. The van der Waals surface area contributed by atoms with Gasteiger partial charge >= 0.3 is 0 Å². The van der Waals surface area contributed by atoms with Crippen LogP contribution in [-0.4, -0.2) is 199 Å². The second kappa shape index (κ2) is 47.5. The summed E-state index contributed by atoms with van der Waals surface area (Å²) in [7, 11) is 1.95. The van der Waals surface area contributed by atoms with Gasteiger partial charge in [-0.05, 0) is 197 Å². The van der Waals surface area contributed by atoms with E-state index >= 15 is 0 Å². The van der Waals surface area contributed by atoms with Gasteiger partial charge in [0, 0.05) is 88.3 Å². The molecule has 117 heavy (non-hydrogen) atoms. The van der Waals surface area contributed by atoms with Crippen molar-refractivity contribution in [1.82, 2.24) is 67.7 Å². The van der Waals surface area contributed by atoms with E-state index in [1.807, 2.05) is 74.0 Å². The van der Waals surface area contributed by atoms with Crippen molar-refractivity contribution < 1.29 is 57.3 Å². The van der Waals surface area contributed by atoms with E-state index in [1.165, 1.54) is 38.1 Å². The van der Waals surface area contributed by atoms with E-state index in [0.717, 1.165) is 84.3 Å². The molecule has 6 aromatic rings. The van der Waals surface area contributed by atoms with Gasteiger partial charge in [0.15, 0.2) is 0 Å². The highest BCUT2D eigenvalue weighted by Crippen LogP contribution is 2.30. The number of amides is 11. The highest BCUT2D eigenvalue weighted by atomic mass is 32.2. The lowest BCUT2D eigenvalue weighted by Gasteiger charge is -2.30. The fourth-order valence-electron chi connectivity index (χ4n) is 14.7. The van der Waals surface area contributed by atoms with E-state index in [2.05, 4.69) is 127 Å². The maximum atomic E-state index is 14.4. The third-order valence-electron chi connectivity index (χ3n) is 21.5. The molecule has 634 valence electrons. The molecule has 2 aliphatic rings. The number of imidazole rings is 1. The zero-order valence-corrected chi connectivity index (χ0v) is 69.6. The molecule has 1 aliphatic heterocycles. The lowest BCUT2D eigenvalue weighted by Crippen LogP contribution is -2.60. The lowest BCUT2D eigenvalue weighted by atomic mass is 9.84. The number of carbonyl (C=O) groups excluding carboxylic acids is 11. The van der Waals surface area contributed by atoms with Crippen LogP contribution in [0.2, 0.25) is 0 Å². The van der Waals surface area contributed by atoms with Crippen molar-refractivity contribution in [3.8, 4) is 5.69 Å². The van der Waals surface area contributed by atoms with Gasteiger partial charge in [-0.15, -0.1) is 4.57 Å². The molecule has 0 unspecified atom stereocenters. The Hall–Kier alpha value is -10.7. The number of para-hydroxylation sites is 1. The molecule has 8 rings (SSSR count). The van der Waals surface area contributed by atoms with Gasteiger partial charge in [-0.25, -0.2) is 4.98 Å². The average Bonchev–Trinajstić information content (AvgIpc) is 1.03. The molecular formula is C84H121N21O11S. The number of unbranched alkanes of at least 4 members (excludes halogenated alkanes) is 2. The van der Waals surface area contributed by atoms with Crippen molar-refractivity contribution in [2.24, 2.45) is 33.3 Å². The van der Waals surface area contributed by atoms with Crippen LogP contribution in [0.4, 0.5) is 22.7 Å². The molecule has 1 saturated heterocycles. The van der Waals surface area contributed by atoms with Gasteiger partial charge in [0.05, 0.1) is 11.4 Å². The largest absolute Gasteiger partial charge is 0.450 e. The molecule has 9 atom stereocenters. The van der Waals surface area contributed by atoms with Crippen molar-refractivity contribution in [1.29, 1.82) is 0 Å². The van der Waals surface area contributed by atoms with Crippen LogP contribution in [-0.2, 0) is 59.2 Å². The topological polar surface area (TPSA) is 452 Å². The number of aromatic nitrogens is 4. The van der Waals surface area contributed by atoms with Gasteiger partial charge in [0.1, 0.15) is 65.4 Å². The Morgan fingerprint density at radius 2 is 1.18 bits per heavy atom. The highest BCUT2D eigenvalue weighted by molar-refractivity contribution is 7.98. The first-order valence-corrected chi connectivity index (χ1v) is 42.8. The SMILES string of the molecule is CC[C@H](NC(=O)[C@H](CC1CCCCC1)NC(=O)[C@@H]1CCCN1C(=O)CCCN)C(=O)N[C@@H](CCSC)C(=O)N[C@@H](Cc1c[n-]cn1)C(=O)N[C@@H](C)C(=O)N[C@@H](CCCCN)C(=O)N[C@@H](C)C(=O)N[C@@H](CCCCNC(=O)CCCN(C)c1ccc(N=Nc2ccc3nc4ccc(N(CC)CC)cc4[n+](-c4ccccc4)c3c2)cc1)C(N)=O. The number of thioether (sulfide) groups is 1. The van der Waals surface area contributed by atoms with Gasteiger partial charge in [0.2, 0.25) is 81.7 Å². The Labute approximate surface area is 689 Å². The maximum Gasteiger partial charge on any atom is 0.243 e. The number of fused-ring (bicyclic) bond motifs is 2. The molecule has 11 amide bonds. The summed E-state index contributed by atoms with van der Waals surface area (Å²) in [6.07, 6.45) is 14.2. The number of nitrogens with two attached hydrogens (primary N) is 3. The highest BCUT2D eigenvalue weighted by Gasteiger charge is 2.39. The first-order valence-electron chi connectivity index (χ1n) is 41.4. The molecule has 2 aromatic heterocycles. The minimum absolute atomic E-state index is 0.0862. The summed E-state index contributed by atoms with van der Waals surface area (Å²) in [6.45, 7) is 12.5. The average molecular weight is 1630 g/mol. The molecule has 3 heterocycles. The van der Waals surface area contributed by atoms with Crippen molar-refractivity contribution in [3.05, 3.63) is 109 Å². The van der Waals surface area contributed by atoms with Crippen LogP contribution in [0.15, 0.2) is 114 Å². The van der Waals surface area contributed by atoms with Gasteiger partial charge in [-0.2, -0.15) is 22.0 Å². The Morgan fingerprint density at radius 1 is 0.598 bits per heavy atom. The number of benzene rings is 4. The summed E-state index contributed by atoms with van der Waals surface area (Å²) < 4.78 is 2.22. The number of carbonyl (C=O) groups is 11. The van der Waals surface area contributed by atoms with E-state index in [4.69, 9.17) is 22.2 Å². The third kappa shape index (κ3) is 28.0. The molecule has 2 fully saturated rings. The number of hydrogen-bond donors (Lipinski definition) is 12. The number of primary amides is 1. The quantitative estimate of drug-likeness (QED) is 0.00981.